The summed E-state index contributed by atoms with van der Waals surface area (Å²) in [4.78, 5) is 2.67. The molecule has 0 aromatic rings. The van der Waals surface area contributed by atoms with Gasteiger partial charge in [0.05, 0.1) is 13.2 Å². The first-order chi connectivity index (χ1) is 8.62. The Bertz CT molecular complexity index is 311. The molecule has 0 radical (unpaired) electrons. The van der Waals surface area contributed by atoms with Gasteiger partial charge in [0.15, 0.2) is 6.49 Å². The third-order valence-corrected chi connectivity index (χ3v) is 6.09. The molecule has 2 aliphatic heterocycles. The number of piperidine rings is 2. The molecule has 0 aromatic carbocycles. The first-order valence-corrected chi connectivity index (χ1v) is 10.3. The van der Waals surface area contributed by atoms with Crippen molar-refractivity contribution in [2.24, 2.45) is 5.92 Å². The third-order valence-electron chi connectivity index (χ3n) is 4.12. The van der Waals surface area contributed by atoms with Crippen LogP contribution in [0.3, 0.4) is 0 Å². The molecular weight excluding hydrogens is 265 g/mol. The summed E-state index contributed by atoms with van der Waals surface area (Å²) >= 11 is 5.41. The summed E-state index contributed by atoms with van der Waals surface area (Å²) in [6.07, 6.45) is 6.70. The standard InChI is InChI=1S/C13H26NO2PS/c1-3-15-17(2,18)16-11-12-7-6-10-14-9-5-4-8-13(12)14/h12-13H,3-11H2,1-2H3/t12-,13+,17?/m0/s1. The van der Waals surface area contributed by atoms with Crippen molar-refractivity contribution in [2.75, 3.05) is 33.0 Å². The smallest absolute Gasteiger partial charge is 0.185 e. The monoisotopic (exact) mass is 291 g/mol. The van der Waals surface area contributed by atoms with Gasteiger partial charge in [-0.15, -0.1) is 0 Å². The predicted octanol–water partition coefficient (Wildman–Crippen LogP) is 3.24. The van der Waals surface area contributed by atoms with Gasteiger partial charge in [-0.1, -0.05) is 6.42 Å². The van der Waals surface area contributed by atoms with Gasteiger partial charge in [0.25, 0.3) is 0 Å². The van der Waals surface area contributed by atoms with Gasteiger partial charge >= 0.3 is 0 Å². The highest BCUT2D eigenvalue weighted by molar-refractivity contribution is 8.09. The molecule has 2 heterocycles. The van der Waals surface area contributed by atoms with Crippen molar-refractivity contribution in [3.63, 3.8) is 0 Å². The van der Waals surface area contributed by atoms with E-state index in [0.717, 1.165) is 12.6 Å². The van der Waals surface area contributed by atoms with Gasteiger partial charge in [-0.2, -0.15) is 0 Å². The molecule has 0 aliphatic carbocycles. The number of rotatable bonds is 5. The number of hydrogen-bond donors (Lipinski definition) is 0. The van der Waals surface area contributed by atoms with E-state index >= 15 is 0 Å². The fourth-order valence-electron chi connectivity index (χ4n) is 3.27. The second kappa shape index (κ2) is 6.81. The Hall–Kier alpha value is 0.530. The van der Waals surface area contributed by atoms with Crippen LogP contribution in [0, 0.1) is 5.92 Å². The van der Waals surface area contributed by atoms with E-state index in [1.54, 1.807) is 0 Å². The maximum absolute atomic E-state index is 5.94. The van der Waals surface area contributed by atoms with E-state index in [2.05, 4.69) is 4.90 Å². The van der Waals surface area contributed by atoms with Crippen LogP contribution in [0.2, 0.25) is 0 Å². The molecule has 2 saturated heterocycles. The maximum Gasteiger partial charge on any atom is 0.185 e. The number of hydrogen-bond acceptors (Lipinski definition) is 4. The molecule has 2 fully saturated rings. The van der Waals surface area contributed by atoms with Crippen molar-refractivity contribution in [3.05, 3.63) is 0 Å². The van der Waals surface area contributed by atoms with E-state index in [1.165, 1.54) is 45.2 Å². The first-order valence-electron chi connectivity index (χ1n) is 7.23. The average Bonchev–Trinajstić information content (AvgIpc) is 2.36. The van der Waals surface area contributed by atoms with Crippen LogP contribution < -0.4 is 0 Å². The van der Waals surface area contributed by atoms with Crippen LogP contribution in [-0.4, -0.2) is 43.9 Å². The molecule has 0 bridgehead atoms. The maximum atomic E-state index is 5.94. The number of nitrogens with zero attached hydrogens (tertiary/aromatic N) is 1. The molecule has 0 aromatic heterocycles. The molecule has 0 saturated carbocycles. The topological polar surface area (TPSA) is 21.7 Å². The van der Waals surface area contributed by atoms with E-state index in [-0.39, 0.29) is 0 Å². The summed E-state index contributed by atoms with van der Waals surface area (Å²) in [7, 11) is 0. The molecule has 2 aliphatic rings. The van der Waals surface area contributed by atoms with E-state index in [4.69, 9.17) is 20.9 Å². The van der Waals surface area contributed by atoms with E-state index in [1.807, 2.05) is 13.6 Å². The highest BCUT2D eigenvalue weighted by Crippen LogP contribution is 2.45. The van der Waals surface area contributed by atoms with Crippen molar-refractivity contribution in [1.82, 2.24) is 4.90 Å². The summed E-state index contributed by atoms with van der Waals surface area (Å²) in [6, 6.07) is 0.740. The normalized spacial score (nSPS) is 32.8. The van der Waals surface area contributed by atoms with Crippen molar-refractivity contribution >= 4 is 18.3 Å². The minimum Gasteiger partial charge on any atom is -0.330 e. The van der Waals surface area contributed by atoms with Crippen molar-refractivity contribution in [1.29, 1.82) is 0 Å². The van der Waals surface area contributed by atoms with Crippen LogP contribution in [0.5, 0.6) is 0 Å². The minimum absolute atomic E-state index is 0.661. The molecule has 2 rings (SSSR count). The zero-order chi connectivity index (χ0) is 13.0. The second-order valence-electron chi connectivity index (χ2n) is 5.49. The van der Waals surface area contributed by atoms with Crippen LogP contribution in [0.1, 0.15) is 39.0 Å². The molecule has 3 nitrogen and oxygen atoms in total. The lowest BCUT2D eigenvalue weighted by Gasteiger charge is -2.44. The lowest BCUT2D eigenvalue weighted by Crippen LogP contribution is -2.49. The molecule has 106 valence electrons. The molecule has 3 atom stereocenters. The van der Waals surface area contributed by atoms with Gasteiger partial charge in [0, 0.05) is 12.7 Å². The summed E-state index contributed by atoms with van der Waals surface area (Å²) < 4.78 is 11.5. The fourth-order valence-corrected chi connectivity index (χ4v) is 4.78. The molecule has 18 heavy (non-hydrogen) atoms. The van der Waals surface area contributed by atoms with Crippen LogP contribution in [0.4, 0.5) is 0 Å². The van der Waals surface area contributed by atoms with Gasteiger partial charge in [0.2, 0.25) is 0 Å². The Balaban J connectivity index is 1.86. The zero-order valence-electron chi connectivity index (χ0n) is 11.6. The summed E-state index contributed by atoms with van der Waals surface area (Å²) in [5.74, 6) is 0.668. The summed E-state index contributed by atoms with van der Waals surface area (Å²) in [5.41, 5.74) is 0. The van der Waals surface area contributed by atoms with Crippen molar-refractivity contribution in [3.8, 4) is 0 Å². The van der Waals surface area contributed by atoms with Crippen LogP contribution in [-0.2, 0) is 20.9 Å². The Morgan fingerprint density at radius 3 is 2.72 bits per heavy atom. The SMILES string of the molecule is CCOP(C)(=S)OC[C@@H]1CCCN2CCCC[C@H]12. The third kappa shape index (κ3) is 4.01. The summed E-state index contributed by atoms with van der Waals surface area (Å²) in [6.45, 7) is 5.97. The Labute approximate surface area is 116 Å². The Morgan fingerprint density at radius 2 is 1.94 bits per heavy atom. The predicted molar refractivity (Wildman–Crippen MR) is 79.7 cm³/mol. The van der Waals surface area contributed by atoms with Gasteiger partial charge in [-0.05, 0) is 63.4 Å². The van der Waals surface area contributed by atoms with E-state index in [9.17, 15) is 0 Å². The highest BCUT2D eigenvalue weighted by atomic mass is 32.5. The van der Waals surface area contributed by atoms with Gasteiger partial charge in [-0.3, -0.25) is 0 Å². The van der Waals surface area contributed by atoms with Gasteiger partial charge in [-0.25, -0.2) is 0 Å². The molecule has 1 unspecified atom stereocenters. The summed E-state index contributed by atoms with van der Waals surface area (Å²) in [5, 5.41) is 0. The zero-order valence-corrected chi connectivity index (χ0v) is 13.3. The molecule has 0 N–H and O–H groups in total. The molecular formula is C13H26NO2PS. The van der Waals surface area contributed by atoms with E-state index < -0.39 is 6.49 Å². The van der Waals surface area contributed by atoms with Crippen molar-refractivity contribution in [2.45, 2.75) is 45.1 Å². The lowest BCUT2D eigenvalue weighted by molar-refractivity contribution is 0.0359. The van der Waals surface area contributed by atoms with Crippen LogP contribution in [0.15, 0.2) is 0 Å². The molecule has 0 amide bonds. The number of fused-ring (bicyclic) bond motifs is 1. The largest absolute Gasteiger partial charge is 0.330 e. The molecule has 0 spiro atoms. The second-order valence-corrected chi connectivity index (χ2v) is 9.54. The van der Waals surface area contributed by atoms with E-state index in [0.29, 0.717) is 12.5 Å². The highest BCUT2D eigenvalue weighted by Gasteiger charge is 2.33. The Morgan fingerprint density at radius 1 is 1.17 bits per heavy atom. The minimum atomic E-state index is -1.99. The van der Waals surface area contributed by atoms with Crippen LogP contribution in [0.25, 0.3) is 0 Å². The first kappa shape index (κ1) is 14.9. The van der Waals surface area contributed by atoms with Crippen molar-refractivity contribution < 1.29 is 9.05 Å². The van der Waals surface area contributed by atoms with Gasteiger partial charge in [0.1, 0.15) is 0 Å². The van der Waals surface area contributed by atoms with Gasteiger partial charge < -0.3 is 13.9 Å². The van der Waals surface area contributed by atoms with Crippen LogP contribution >= 0.6 is 6.49 Å². The quantitative estimate of drug-likeness (QED) is 0.725. The lowest BCUT2D eigenvalue weighted by atomic mass is 9.84. The average molecular weight is 291 g/mol. The Kier molecular flexibility index (Phi) is 5.64. The molecule has 5 heteroatoms. The fraction of sp³-hybridized carbons (Fsp3) is 1.00.